The molecule has 3 heteroatoms. The number of aryl methyl sites for hydroxylation is 1. The molecule has 17 heavy (non-hydrogen) atoms. The quantitative estimate of drug-likeness (QED) is 0.824. The van der Waals surface area contributed by atoms with E-state index in [-0.39, 0.29) is 11.4 Å². The SMILES string of the molecule is Cc1cc(NC2CCNC(C)(C)C2)ccc1F. The molecule has 1 atom stereocenters. The van der Waals surface area contributed by atoms with Crippen LogP contribution in [0.4, 0.5) is 10.1 Å². The highest BCUT2D eigenvalue weighted by molar-refractivity contribution is 5.46. The molecular weight excluding hydrogens is 215 g/mol. The largest absolute Gasteiger partial charge is 0.382 e. The maximum absolute atomic E-state index is 13.2. The van der Waals surface area contributed by atoms with E-state index in [4.69, 9.17) is 0 Å². The molecule has 1 unspecified atom stereocenters. The van der Waals surface area contributed by atoms with E-state index in [1.165, 1.54) is 6.07 Å². The van der Waals surface area contributed by atoms with Gasteiger partial charge in [-0.15, -0.1) is 0 Å². The Bertz CT molecular complexity index is 401. The van der Waals surface area contributed by atoms with Crippen molar-refractivity contribution in [1.82, 2.24) is 5.32 Å². The molecule has 1 aliphatic rings. The highest BCUT2D eigenvalue weighted by Gasteiger charge is 2.27. The number of halogens is 1. The van der Waals surface area contributed by atoms with E-state index in [2.05, 4.69) is 24.5 Å². The Hall–Kier alpha value is -1.09. The van der Waals surface area contributed by atoms with E-state index in [0.29, 0.717) is 11.6 Å². The summed E-state index contributed by atoms with van der Waals surface area (Å²) in [6.45, 7) is 7.27. The van der Waals surface area contributed by atoms with Gasteiger partial charge in [0.15, 0.2) is 0 Å². The third-order valence-corrected chi connectivity index (χ3v) is 3.38. The van der Waals surface area contributed by atoms with Crippen molar-refractivity contribution in [1.29, 1.82) is 0 Å². The molecule has 2 rings (SSSR count). The van der Waals surface area contributed by atoms with Gasteiger partial charge in [-0.1, -0.05) is 0 Å². The number of anilines is 1. The fraction of sp³-hybridized carbons (Fsp3) is 0.571. The van der Waals surface area contributed by atoms with E-state index < -0.39 is 0 Å². The first-order valence-electron chi connectivity index (χ1n) is 6.24. The maximum Gasteiger partial charge on any atom is 0.126 e. The molecule has 1 aromatic carbocycles. The summed E-state index contributed by atoms with van der Waals surface area (Å²) in [5.41, 5.74) is 1.90. The molecule has 0 aromatic heterocycles. The molecule has 2 N–H and O–H groups in total. The predicted molar refractivity (Wildman–Crippen MR) is 69.9 cm³/mol. The number of benzene rings is 1. The molecule has 1 saturated heterocycles. The second-order valence-corrected chi connectivity index (χ2v) is 5.61. The lowest BCUT2D eigenvalue weighted by Gasteiger charge is -2.37. The van der Waals surface area contributed by atoms with Gasteiger partial charge in [-0.25, -0.2) is 4.39 Å². The summed E-state index contributed by atoms with van der Waals surface area (Å²) >= 11 is 0. The van der Waals surface area contributed by atoms with E-state index >= 15 is 0 Å². The Morgan fingerprint density at radius 1 is 1.41 bits per heavy atom. The normalized spacial score (nSPS) is 23.4. The minimum Gasteiger partial charge on any atom is -0.382 e. The Balaban J connectivity index is 2.03. The molecule has 1 heterocycles. The van der Waals surface area contributed by atoms with Gasteiger partial charge in [-0.2, -0.15) is 0 Å². The second kappa shape index (κ2) is 4.65. The summed E-state index contributed by atoms with van der Waals surface area (Å²) in [5.74, 6) is -0.138. The van der Waals surface area contributed by atoms with Crippen LogP contribution in [-0.4, -0.2) is 18.1 Å². The van der Waals surface area contributed by atoms with Crippen molar-refractivity contribution in [3.8, 4) is 0 Å². The zero-order valence-corrected chi connectivity index (χ0v) is 10.8. The van der Waals surface area contributed by atoms with Gasteiger partial charge in [0.25, 0.3) is 0 Å². The van der Waals surface area contributed by atoms with Crippen molar-refractivity contribution >= 4 is 5.69 Å². The molecule has 0 bridgehead atoms. The third-order valence-electron chi connectivity index (χ3n) is 3.38. The summed E-state index contributed by atoms with van der Waals surface area (Å²) in [7, 11) is 0. The van der Waals surface area contributed by atoms with Crippen LogP contribution < -0.4 is 10.6 Å². The molecule has 1 aromatic rings. The fourth-order valence-corrected chi connectivity index (χ4v) is 2.47. The highest BCUT2D eigenvalue weighted by Crippen LogP contribution is 2.22. The monoisotopic (exact) mass is 236 g/mol. The molecule has 0 saturated carbocycles. The molecule has 0 spiro atoms. The molecule has 0 radical (unpaired) electrons. The zero-order chi connectivity index (χ0) is 12.5. The first-order chi connectivity index (χ1) is 7.96. The molecule has 0 aliphatic carbocycles. The lowest BCUT2D eigenvalue weighted by molar-refractivity contribution is 0.286. The van der Waals surface area contributed by atoms with Gasteiger partial charge in [0.2, 0.25) is 0 Å². The van der Waals surface area contributed by atoms with Crippen molar-refractivity contribution in [2.45, 2.75) is 45.2 Å². The fourth-order valence-electron chi connectivity index (χ4n) is 2.47. The van der Waals surface area contributed by atoms with Crippen LogP contribution in [0.25, 0.3) is 0 Å². The molecule has 1 aliphatic heterocycles. The van der Waals surface area contributed by atoms with Crippen LogP contribution in [0.3, 0.4) is 0 Å². The minimum atomic E-state index is -0.138. The van der Waals surface area contributed by atoms with Gasteiger partial charge >= 0.3 is 0 Å². The van der Waals surface area contributed by atoms with Crippen molar-refractivity contribution < 1.29 is 4.39 Å². The van der Waals surface area contributed by atoms with Crippen molar-refractivity contribution in [3.63, 3.8) is 0 Å². The third kappa shape index (κ3) is 3.19. The smallest absolute Gasteiger partial charge is 0.126 e. The lowest BCUT2D eigenvalue weighted by Crippen LogP contribution is -2.50. The number of nitrogens with one attached hydrogen (secondary N) is 2. The Morgan fingerprint density at radius 3 is 2.82 bits per heavy atom. The average molecular weight is 236 g/mol. The maximum atomic E-state index is 13.2. The van der Waals surface area contributed by atoms with E-state index in [0.717, 1.165) is 25.1 Å². The average Bonchev–Trinajstić information content (AvgIpc) is 2.22. The van der Waals surface area contributed by atoms with Crippen LogP contribution in [0, 0.1) is 12.7 Å². The van der Waals surface area contributed by atoms with Crippen molar-refractivity contribution in [2.75, 3.05) is 11.9 Å². The molecule has 0 amide bonds. The summed E-state index contributed by atoms with van der Waals surface area (Å²) in [6, 6.07) is 5.70. The van der Waals surface area contributed by atoms with Crippen LogP contribution in [-0.2, 0) is 0 Å². The number of rotatable bonds is 2. The number of hydrogen-bond donors (Lipinski definition) is 2. The predicted octanol–water partition coefficient (Wildman–Crippen LogP) is 3.08. The van der Waals surface area contributed by atoms with Gasteiger partial charge in [0, 0.05) is 17.3 Å². The van der Waals surface area contributed by atoms with Crippen molar-refractivity contribution in [3.05, 3.63) is 29.6 Å². The lowest BCUT2D eigenvalue weighted by atomic mass is 9.89. The zero-order valence-electron chi connectivity index (χ0n) is 10.8. The Labute approximate surface area is 103 Å². The van der Waals surface area contributed by atoms with Crippen molar-refractivity contribution in [2.24, 2.45) is 0 Å². The standard InChI is InChI=1S/C14H21FN2/c1-10-8-11(4-5-13(10)15)17-12-6-7-16-14(2,3)9-12/h4-5,8,12,16-17H,6-7,9H2,1-3H3. The van der Waals surface area contributed by atoms with Gasteiger partial charge < -0.3 is 10.6 Å². The molecule has 2 nitrogen and oxygen atoms in total. The second-order valence-electron chi connectivity index (χ2n) is 5.61. The Morgan fingerprint density at radius 2 is 2.18 bits per heavy atom. The first kappa shape index (κ1) is 12.4. The van der Waals surface area contributed by atoms with Gasteiger partial charge in [-0.05, 0) is 63.9 Å². The van der Waals surface area contributed by atoms with Crippen LogP contribution in [0.1, 0.15) is 32.3 Å². The highest BCUT2D eigenvalue weighted by atomic mass is 19.1. The van der Waals surface area contributed by atoms with E-state index in [1.807, 2.05) is 12.1 Å². The van der Waals surface area contributed by atoms with Crippen LogP contribution in [0.15, 0.2) is 18.2 Å². The summed E-state index contributed by atoms with van der Waals surface area (Å²) < 4.78 is 13.2. The van der Waals surface area contributed by atoms with Gasteiger partial charge in [-0.3, -0.25) is 0 Å². The molecule has 94 valence electrons. The minimum absolute atomic E-state index is 0.138. The molecule has 1 fully saturated rings. The summed E-state index contributed by atoms with van der Waals surface area (Å²) in [5, 5.41) is 6.99. The van der Waals surface area contributed by atoms with Crippen LogP contribution in [0.2, 0.25) is 0 Å². The van der Waals surface area contributed by atoms with Crippen LogP contribution >= 0.6 is 0 Å². The first-order valence-corrected chi connectivity index (χ1v) is 6.24. The summed E-state index contributed by atoms with van der Waals surface area (Å²) in [6.07, 6.45) is 2.20. The van der Waals surface area contributed by atoms with E-state index in [1.54, 1.807) is 6.92 Å². The molecular formula is C14H21FN2. The van der Waals surface area contributed by atoms with Crippen LogP contribution in [0.5, 0.6) is 0 Å². The van der Waals surface area contributed by atoms with E-state index in [9.17, 15) is 4.39 Å². The Kier molecular flexibility index (Phi) is 3.38. The van der Waals surface area contributed by atoms with Gasteiger partial charge in [0.05, 0.1) is 0 Å². The number of hydrogen-bond acceptors (Lipinski definition) is 2. The summed E-state index contributed by atoms with van der Waals surface area (Å²) in [4.78, 5) is 0. The number of piperidine rings is 1. The van der Waals surface area contributed by atoms with Gasteiger partial charge in [0.1, 0.15) is 5.82 Å². The topological polar surface area (TPSA) is 24.1 Å².